The van der Waals surface area contributed by atoms with Crippen LogP contribution in [0.5, 0.6) is 0 Å². The topological polar surface area (TPSA) is 73.8 Å². The van der Waals surface area contributed by atoms with E-state index in [1.165, 1.54) is 18.4 Å². The molecule has 2 rings (SSSR count). The van der Waals surface area contributed by atoms with Gasteiger partial charge < -0.3 is 4.90 Å². The van der Waals surface area contributed by atoms with Crippen molar-refractivity contribution in [3.8, 4) is 0 Å². The average Bonchev–Trinajstić information content (AvgIpc) is 3.07. The normalized spacial score (nSPS) is 11.9. The summed E-state index contributed by atoms with van der Waals surface area (Å²) in [6, 6.07) is 3.72. The summed E-state index contributed by atoms with van der Waals surface area (Å²) < 4.78 is 25.3. The van der Waals surface area contributed by atoms with E-state index >= 15 is 0 Å². The van der Waals surface area contributed by atoms with Gasteiger partial charge in [-0.25, -0.2) is 13.4 Å². The Morgan fingerprint density at radius 1 is 1.21 bits per heavy atom. The molecule has 0 aliphatic carbocycles. The van der Waals surface area contributed by atoms with Crippen molar-refractivity contribution in [2.75, 3.05) is 50.9 Å². The monoisotopic (exact) mass is 482 g/mol. The molecule has 1 heterocycles. The number of carbonyl (C=O) groups excluding carboxylic acids is 1. The molecule has 2 aromatic rings. The maximum Gasteiger partial charge on any atom is 0.244 e. The maximum atomic E-state index is 13.0. The van der Waals surface area contributed by atoms with E-state index in [0.29, 0.717) is 23.2 Å². The molecular weight excluding hydrogens is 455 g/mol. The first-order chi connectivity index (χ1) is 13.1. The van der Waals surface area contributed by atoms with Crippen molar-refractivity contribution in [1.29, 1.82) is 0 Å². The van der Waals surface area contributed by atoms with Crippen molar-refractivity contribution >= 4 is 66.6 Å². The number of carbonyl (C=O) groups is 1. The fourth-order valence-electron chi connectivity index (χ4n) is 2.71. The minimum absolute atomic E-state index is 0. The lowest BCUT2D eigenvalue weighted by molar-refractivity contribution is -0.118. The van der Waals surface area contributed by atoms with Gasteiger partial charge in [-0.05, 0) is 31.6 Å². The van der Waals surface area contributed by atoms with Gasteiger partial charge in [0.25, 0.3) is 0 Å². The van der Waals surface area contributed by atoms with E-state index < -0.39 is 10.0 Å². The molecule has 0 unspecified atom stereocenters. The molecule has 0 saturated heterocycles. The molecule has 11 heteroatoms. The Kier molecular flexibility index (Phi) is 9.78. The molecule has 29 heavy (non-hydrogen) atoms. The lowest BCUT2D eigenvalue weighted by atomic mass is 10.2. The van der Waals surface area contributed by atoms with Gasteiger partial charge in [0.15, 0.2) is 5.13 Å². The summed E-state index contributed by atoms with van der Waals surface area (Å²) in [5.74, 6) is -0.312. The summed E-state index contributed by atoms with van der Waals surface area (Å²) in [4.78, 5) is 21.4. The molecule has 0 N–H and O–H groups in total. The van der Waals surface area contributed by atoms with Gasteiger partial charge in [0.2, 0.25) is 15.9 Å². The second kappa shape index (κ2) is 10.9. The number of hydrogen-bond donors (Lipinski definition) is 0. The number of anilines is 1. The number of sulfonamides is 1. The third-order valence-electron chi connectivity index (χ3n) is 4.68. The Labute approximate surface area is 188 Å². The van der Waals surface area contributed by atoms with Crippen LogP contribution in [0.25, 0.3) is 10.2 Å². The number of halogens is 2. The Hall–Kier alpha value is -0.970. The first-order valence-electron chi connectivity index (χ1n) is 9.08. The predicted octanol–water partition coefficient (Wildman–Crippen LogP) is 3.25. The average molecular weight is 483 g/mol. The van der Waals surface area contributed by atoms with Crippen LogP contribution in [-0.4, -0.2) is 74.5 Å². The summed E-state index contributed by atoms with van der Waals surface area (Å²) in [5, 5.41) is 1.12. The molecule has 164 valence electrons. The third kappa shape index (κ3) is 6.50. The number of aromatic nitrogens is 1. The Morgan fingerprint density at radius 3 is 2.34 bits per heavy atom. The molecule has 0 fully saturated rings. The number of benzene rings is 1. The Bertz CT molecular complexity index is 907. The van der Waals surface area contributed by atoms with Crippen molar-refractivity contribution in [2.45, 2.75) is 20.8 Å². The van der Waals surface area contributed by atoms with E-state index in [-0.39, 0.29) is 24.9 Å². The molecule has 0 saturated carbocycles. The van der Waals surface area contributed by atoms with Gasteiger partial charge in [-0.2, -0.15) is 4.31 Å². The smallest absolute Gasteiger partial charge is 0.244 e. The number of hydrogen-bond acceptors (Lipinski definition) is 6. The molecule has 1 aromatic carbocycles. The zero-order chi connectivity index (χ0) is 21.1. The fraction of sp³-hybridized carbons (Fsp3) is 0.556. The molecule has 1 amide bonds. The maximum absolute atomic E-state index is 13.0. The fourth-order valence-corrected chi connectivity index (χ4v) is 4.41. The summed E-state index contributed by atoms with van der Waals surface area (Å²) >= 11 is 7.67. The molecule has 0 atom stereocenters. The van der Waals surface area contributed by atoms with Crippen LogP contribution in [0.4, 0.5) is 5.13 Å². The molecular formula is C18H28Cl2N4O3S2. The predicted molar refractivity (Wildman–Crippen MR) is 124 cm³/mol. The molecule has 1 aromatic heterocycles. The standard InChI is InChI=1S/C18H27ClN4O3S2.ClH/c1-6-22(7-2)10-11-23(15(24)12-21(4)28(5,25)26)18-20-16-13(3)8-9-14(19)17(16)27-18;/h8-9H,6-7,10-12H2,1-5H3;1H. The summed E-state index contributed by atoms with van der Waals surface area (Å²) in [7, 11) is -2.06. The van der Waals surface area contributed by atoms with E-state index in [4.69, 9.17) is 11.6 Å². The number of amides is 1. The molecule has 0 spiro atoms. The van der Waals surface area contributed by atoms with Crippen LogP contribution in [0.1, 0.15) is 19.4 Å². The number of thiazole rings is 1. The quantitative estimate of drug-likeness (QED) is 0.548. The van der Waals surface area contributed by atoms with Crippen LogP contribution in [0.3, 0.4) is 0 Å². The highest BCUT2D eigenvalue weighted by Gasteiger charge is 2.25. The number of likely N-dealkylation sites (N-methyl/N-ethyl adjacent to an activating group) is 2. The van der Waals surface area contributed by atoms with Crippen LogP contribution >= 0.6 is 35.3 Å². The second-order valence-electron chi connectivity index (χ2n) is 6.63. The number of fused-ring (bicyclic) bond motifs is 1. The van der Waals surface area contributed by atoms with Crippen molar-refractivity contribution in [2.24, 2.45) is 0 Å². The largest absolute Gasteiger partial charge is 0.302 e. The van der Waals surface area contributed by atoms with Gasteiger partial charge in [-0.1, -0.05) is 42.9 Å². The van der Waals surface area contributed by atoms with E-state index in [9.17, 15) is 13.2 Å². The summed E-state index contributed by atoms with van der Waals surface area (Å²) in [6.07, 6.45) is 1.08. The molecule has 7 nitrogen and oxygen atoms in total. The van der Waals surface area contributed by atoms with Gasteiger partial charge in [-0.3, -0.25) is 9.69 Å². The van der Waals surface area contributed by atoms with Crippen LogP contribution in [0.2, 0.25) is 5.02 Å². The van der Waals surface area contributed by atoms with Crippen molar-refractivity contribution < 1.29 is 13.2 Å². The molecule has 0 bridgehead atoms. The van der Waals surface area contributed by atoms with E-state index in [1.54, 1.807) is 4.90 Å². The minimum atomic E-state index is -3.45. The highest BCUT2D eigenvalue weighted by molar-refractivity contribution is 7.88. The number of rotatable bonds is 9. The first-order valence-corrected chi connectivity index (χ1v) is 12.1. The highest BCUT2D eigenvalue weighted by atomic mass is 35.5. The Morgan fingerprint density at radius 2 is 1.83 bits per heavy atom. The summed E-state index contributed by atoms with van der Waals surface area (Å²) in [6.45, 7) is 8.67. The SMILES string of the molecule is CCN(CC)CCN(C(=O)CN(C)S(C)(=O)=O)c1nc2c(C)ccc(Cl)c2s1.Cl. The number of aryl methyl sites for hydroxylation is 1. The van der Waals surface area contributed by atoms with Gasteiger partial charge in [0.1, 0.15) is 0 Å². The van der Waals surface area contributed by atoms with Crippen molar-refractivity contribution in [3.05, 3.63) is 22.7 Å². The third-order valence-corrected chi connectivity index (χ3v) is 7.48. The molecule has 0 aliphatic heterocycles. The first kappa shape index (κ1) is 26.1. The minimum Gasteiger partial charge on any atom is -0.302 e. The van der Waals surface area contributed by atoms with Gasteiger partial charge in [0, 0.05) is 20.1 Å². The molecule has 0 aliphatic rings. The second-order valence-corrected chi connectivity index (χ2v) is 10.1. The number of nitrogens with zero attached hydrogens (tertiary/aromatic N) is 4. The lowest BCUT2D eigenvalue weighted by Crippen LogP contribution is -2.44. The Balaban J connectivity index is 0.00000420. The highest BCUT2D eigenvalue weighted by Crippen LogP contribution is 2.35. The lowest BCUT2D eigenvalue weighted by Gasteiger charge is -2.26. The van der Waals surface area contributed by atoms with E-state index in [2.05, 4.69) is 23.7 Å². The van der Waals surface area contributed by atoms with Gasteiger partial charge in [0.05, 0.1) is 28.0 Å². The van der Waals surface area contributed by atoms with Crippen LogP contribution in [0, 0.1) is 6.92 Å². The van der Waals surface area contributed by atoms with Crippen molar-refractivity contribution in [3.63, 3.8) is 0 Å². The molecule has 0 radical (unpaired) electrons. The van der Waals surface area contributed by atoms with Gasteiger partial charge >= 0.3 is 0 Å². The van der Waals surface area contributed by atoms with Crippen LogP contribution < -0.4 is 4.90 Å². The summed E-state index contributed by atoms with van der Waals surface area (Å²) in [5.41, 5.74) is 1.75. The zero-order valence-electron chi connectivity index (χ0n) is 17.3. The van der Waals surface area contributed by atoms with Crippen LogP contribution in [0.15, 0.2) is 12.1 Å². The van der Waals surface area contributed by atoms with Crippen molar-refractivity contribution in [1.82, 2.24) is 14.2 Å². The van der Waals surface area contributed by atoms with Gasteiger partial charge in [-0.15, -0.1) is 12.4 Å². The van der Waals surface area contributed by atoms with E-state index in [1.807, 2.05) is 19.1 Å². The van der Waals surface area contributed by atoms with E-state index in [0.717, 1.165) is 39.4 Å². The zero-order valence-corrected chi connectivity index (χ0v) is 20.5. The van der Waals surface area contributed by atoms with Crippen LogP contribution in [-0.2, 0) is 14.8 Å².